The second-order valence-corrected chi connectivity index (χ2v) is 23.7. The molecule has 0 aromatic carbocycles. The Morgan fingerprint density at radius 2 is 0.458 bits per heavy atom. The Labute approximate surface area is 450 Å². The van der Waals surface area contributed by atoms with Crippen molar-refractivity contribution < 1.29 is 28.6 Å². The molecule has 0 heterocycles. The van der Waals surface area contributed by atoms with Crippen LogP contribution in [0.1, 0.15) is 375 Å². The van der Waals surface area contributed by atoms with Gasteiger partial charge >= 0.3 is 17.9 Å². The standard InChI is InChI=1S/C66H128O6/c1-6-7-8-9-10-11-12-13-14-21-26-31-36-41-46-51-56-64(67)70-59-63(72-66(69)58-53-48-43-38-33-28-23-18-16-20-25-30-35-40-45-50-55-62(4)5)60-71-65(68)57-52-47-42-37-32-27-22-17-15-19-24-29-34-39-44-49-54-61(2)3/h61-63H,6-60H2,1-5H3/t63-/m0/s1. The Morgan fingerprint density at radius 3 is 0.681 bits per heavy atom. The van der Waals surface area contributed by atoms with Gasteiger partial charge in [0, 0.05) is 19.3 Å². The summed E-state index contributed by atoms with van der Waals surface area (Å²) in [5.41, 5.74) is 0. The van der Waals surface area contributed by atoms with Crippen molar-refractivity contribution in [3.05, 3.63) is 0 Å². The van der Waals surface area contributed by atoms with Gasteiger partial charge in [0.05, 0.1) is 0 Å². The molecular formula is C66H128O6. The molecule has 0 aliphatic heterocycles. The molecule has 0 bridgehead atoms. The molecule has 428 valence electrons. The van der Waals surface area contributed by atoms with Crippen LogP contribution in [0.25, 0.3) is 0 Å². The lowest BCUT2D eigenvalue weighted by Crippen LogP contribution is -2.30. The number of unbranched alkanes of at least 4 members (excludes halogenated alkanes) is 45. The predicted molar refractivity (Wildman–Crippen MR) is 312 cm³/mol. The minimum absolute atomic E-state index is 0.0616. The van der Waals surface area contributed by atoms with Crippen LogP contribution in [0.4, 0.5) is 0 Å². The van der Waals surface area contributed by atoms with Crippen LogP contribution in [0, 0.1) is 11.8 Å². The second-order valence-electron chi connectivity index (χ2n) is 23.7. The topological polar surface area (TPSA) is 78.9 Å². The van der Waals surface area contributed by atoms with Gasteiger partial charge in [0.1, 0.15) is 13.2 Å². The summed E-state index contributed by atoms with van der Waals surface area (Å²) in [4.78, 5) is 38.3. The van der Waals surface area contributed by atoms with Crippen molar-refractivity contribution >= 4 is 17.9 Å². The van der Waals surface area contributed by atoms with Crippen LogP contribution in [0.3, 0.4) is 0 Å². The number of esters is 3. The highest BCUT2D eigenvalue weighted by atomic mass is 16.6. The summed E-state index contributed by atoms with van der Waals surface area (Å²) < 4.78 is 17.0. The lowest BCUT2D eigenvalue weighted by Gasteiger charge is -2.18. The normalized spacial score (nSPS) is 12.0. The highest BCUT2D eigenvalue weighted by Gasteiger charge is 2.19. The molecule has 6 heteroatoms. The van der Waals surface area contributed by atoms with E-state index in [9.17, 15) is 14.4 Å². The quantitative estimate of drug-likeness (QED) is 0.0343. The average molecular weight is 1020 g/mol. The van der Waals surface area contributed by atoms with Gasteiger partial charge in [-0.1, -0.05) is 336 Å². The van der Waals surface area contributed by atoms with Crippen molar-refractivity contribution in [3.63, 3.8) is 0 Å². The van der Waals surface area contributed by atoms with E-state index >= 15 is 0 Å². The molecule has 0 aliphatic rings. The molecule has 0 spiro atoms. The molecule has 0 fully saturated rings. The lowest BCUT2D eigenvalue weighted by molar-refractivity contribution is -0.167. The SMILES string of the molecule is CCCCCCCCCCCCCCCCCCC(=O)OC[C@@H](COC(=O)CCCCCCCCCCCCCCCCCCC(C)C)OC(=O)CCCCCCCCCCCCCCCCCCC(C)C. The van der Waals surface area contributed by atoms with Gasteiger partial charge in [-0.15, -0.1) is 0 Å². The molecule has 6 nitrogen and oxygen atoms in total. The molecule has 0 unspecified atom stereocenters. The molecule has 0 radical (unpaired) electrons. The van der Waals surface area contributed by atoms with Crippen LogP contribution in [-0.4, -0.2) is 37.2 Å². The summed E-state index contributed by atoms with van der Waals surface area (Å²) in [6, 6.07) is 0. The smallest absolute Gasteiger partial charge is 0.306 e. The van der Waals surface area contributed by atoms with Crippen LogP contribution < -0.4 is 0 Å². The first-order valence-corrected chi connectivity index (χ1v) is 32.7. The zero-order chi connectivity index (χ0) is 52.5. The van der Waals surface area contributed by atoms with E-state index in [4.69, 9.17) is 14.2 Å². The summed E-state index contributed by atoms with van der Waals surface area (Å²) in [6.07, 6.45) is 65.3. The van der Waals surface area contributed by atoms with Gasteiger partial charge in [0.25, 0.3) is 0 Å². The molecule has 0 amide bonds. The van der Waals surface area contributed by atoms with E-state index in [1.165, 1.54) is 263 Å². The van der Waals surface area contributed by atoms with Gasteiger partial charge in [-0.3, -0.25) is 14.4 Å². The third-order valence-corrected chi connectivity index (χ3v) is 15.2. The van der Waals surface area contributed by atoms with E-state index in [-0.39, 0.29) is 31.1 Å². The van der Waals surface area contributed by atoms with Gasteiger partial charge in [0.15, 0.2) is 6.10 Å². The summed E-state index contributed by atoms with van der Waals surface area (Å²) in [5, 5.41) is 0. The average Bonchev–Trinajstić information content (AvgIpc) is 3.36. The minimum Gasteiger partial charge on any atom is -0.462 e. The summed E-state index contributed by atoms with van der Waals surface area (Å²) in [7, 11) is 0. The Morgan fingerprint density at radius 1 is 0.264 bits per heavy atom. The fourth-order valence-electron chi connectivity index (χ4n) is 10.3. The maximum Gasteiger partial charge on any atom is 0.306 e. The Hall–Kier alpha value is -1.59. The van der Waals surface area contributed by atoms with E-state index in [1.54, 1.807) is 0 Å². The Kier molecular flexibility index (Phi) is 57.4. The van der Waals surface area contributed by atoms with Crippen molar-refractivity contribution in [1.82, 2.24) is 0 Å². The summed E-state index contributed by atoms with van der Waals surface area (Å²) >= 11 is 0. The van der Waals surface area contributed by atoms with Gasteiger partial charge in [-0.2, -0.15) is 0 Å². The summed E-state index contributed by atoms with van der Waals surface area (Å²) in [6.45, 7) is 11.5. The maximum atomic E-state index is 12.9. The summed E-state index contributed by atoms with van der Waals surface area (Å²) in [5.74, 6) is 0.876. The van der Waals surface area contributed by atoms with Gasteiger partial charge in [-0.05, 0) is 31.1 Å². The molecule has 0 aromatic heterocycles. The fraction of sp³-hybridized carbons (Fsp3) is 0.955. The monoisotopic (exact) mass is 1020 g/mol. The first-order valence-electron chi connectivity index (χ1n) is 32.7. The van der Waals surface area contributed by atoms with E-state index in [1.807, 2.05) is 0 Å². The minimum atomic E-state index is -0.764. The largest absolute Gasteiger partial charge is 0.462 e. The first-order chi connectivity index (χ1) is 35.2. The van der Waals surface area contributed by atoms with Crippen LogP contribution in [0.2, 0.25) is 0 Å². The number of hydrogen-bond donors (Lipinski definition) is 0. The molecule has 0 saturated heterocycles. The van der Waals surface area contributed by atoms with E-state index in [0.29, 0.717) is 19.3 Å². The van der Waals surface area contributed by atoms with Crippen molar-refractivity contribution in [2.45, 2.75) is 381 Å². The molecule has 0 saturated carbocycles. The van der Waals surface area contributed by atoms with Crippen LogP contribution in [-0.2, 0) is 28.6 Å². The highest BCUT2D eigenvalue weighted by Crippen LogP contribution is 2.19. The van der Waals surface area contributed by atoms with E-state index < -0.39 is 6.10 Å². The number of ether oxygens (including phenoxy) is 3. The number of rotatable bonds is 60. The molecular weight excluding hydrogens is 889 g/mol. The van der Waals surface area contributed by atoms with Gasteiger partial charge < -0.3 is 14.2 Å². The van der Waals surface area contributed by atoms with Crippen LogP contribution >= 0.6 is 0 Å². The van der Waals surface area contributed by atoms with Crippen molar-refractivity contribution in [1.29, 1.82) is 0 Å². The maximum absolute atomic E-state index is 12.9. The lowest BCUT2D eigenvalue weighted by atomic mass is 10.0. The highest BCUT2D eigenvalue weighted by molar-refractivity contribution is 5.71. The van der Waals surface area contributed by atoms with Gasteiger partial charge in [-0.25, -0.2) is 0 Å². The zero-order valence-electron chi connectivity index (χ0n) is 49.6. The Bertz CT molecular complexity index is 1100. The Balaban J connectivity index is 4.28. The molecule has 0 aromatic rings. The number of hydrogen-bond acceptors (Lipinski definition) is 6. The molecule has 0 rings (SSSR count). The van der Waals surface area contributed by atoms with Crippen LogP contribution in [0.5, 0.6) is 0 Å². The van der Waals surface area contributed by atoms with Gasteiger partial charge in [0.2, 0.25) is 0 Å². The molecule has 1 atom stereocenters. The molecule has 0 aliphatic carbocycles. The van der Waals surface area contributed by atoms with E-state index in [0.717, 1.165) is 69.6 Å². The third-order valence-electron chi connectivity index (χ3n) is 15.2. The van der Waals surface area contributed by atoms with E-state index in [2.05, 4.69) is 34.6 Å². The number of carbonyl (C=O) groups is 3. The number of carbonyl (C=O) groups excluding carboxylic acids is 3. The predicted octanol–water partition coefficient (Wildman–Crippen LogP) is 22.0. The fourth-order valence-corrected chi connectivity index (χ4v) is 10.3. The molecule has 0 N–H and O–H groups in total. The molecule has 72 heavy (non-hydrogen) atoms. The first kappa shape index (κ1) is 70.4. The zero-order valence-corrected chi connectivity index (χ0v) is 49.6. The van der Waals surface area contributed by atoms with Crippen molar-refractivity contribution in [3.8, 4) is 0 Å². The third kappa shape index (κ3) is 59.3. The van der Waals surface area contributed by atoms with Crippen LogP contribution in [0.15, 0.2) is 0 Å². The van der Waals surface area contributed by atoms with Crippen molar-refractivity contribution in [2.75, 3.05) is 13.2 Å². The van der Waals surface area contributed by atoms with Crippen molar-refractivity contribution in [2.24, 2.45) is 11.8 Å². The second kappa shape index (κ2) is 58.7.